The molecule has 0 aliphatic rings. The van der Waals surface area contributed by atoms with E-state index in [4.69, 9.17) is 0 Å². The van der Waals surface area contributed by atoms with Gasteiger partial charge in [-0.05, 0) is 42.0 Å². The van der Waals surface area contributed by atoms with Crippen LogP contribution in [-0.2, 0) is 11.2 Å². The van der Waals surface area contributed by atoms with Gasteiger partial charge in [0.1, 0.15) is 23.2 Å². The number of carbonyl (C=O) groups is 2. The van der Waals surface area contributed by atoms with Gasteiger partial charge in [-0.2, -0.15) is 0 Å². The number of aromatic nitrogens is 1. The smallest absolute Gasteiger partial charge is 0.326 e. The SMILES string of the molecule is O=C(NC(Cc1ccc2nc(-c3ccccc3[N+](=O)[O-])ccc2c1)C(=O)O)c1c(F)cccc1F. The molecule has 0 bridgehead atoms. The molecule has 0 spiro atoms. The summed E-state index contributed by atoms with van der Waals surface area (Å²) in [5.74, 6) is -4.75. The fourth-order valence-corrected chi connectivity index (χ4v) is 3.68. The third-order valence-corrected chi connectivity index (χ3v) is 5.36. The maximum atomic E-state index is 13.9. The summed E-state index contributed by atoms with van der Waals surface area (Å²) in [5.41, 5.74) is 0.872. The van der Waals surface area contributed by atoms with Crippen LogP contribution >= 0.6 is 0 Å². The van der Waals surface area contributed by atoms with Gasteiger partial charge in [-0.15, -0.1) is 0 Å². The van der Waals surface area contributed by atoms with Gasteiger partial charge in [0.05, 0.1) is 21.7 Å². The second-order valence-electron chi connectivity index (χ2n) is 7.66. The molecule has 1 aromatic heterocycles. The zero-order valence-corrected chi connectivity index (χ0v) is 17.9. The number of carboxylic acids is 1. The van der Waals surface area contributed by atoms with Gasteiger partial charge in [0.15, 0.2) is 0 Å². The number of para-hydroxylation sites is 1. The summed E-state index contributed by atoms with van der Waals surface area (Å²) in [5, 5.41) is 23.7. The van der Waals surface area contributed by atoms with Crippen LogP contribution in [0.5, 0.6) is 0 Å². The second kappa shape index (κ2) is 9.64. The molecule has 0 aliphatic carbocycles. The number of hydrogen-bond acceptors (Lipinski definition) is 5. The van der Waals surface area contributed by atoms with Gasteiger partial charge in [0.2, 0.25) is 0 Å². The van der Waals surface area contributed by atoms with Crippen molar-refractivity contribution in [2.24, 2.45) is 0 Å². The van der Waals surface area contributed by atoms with Crippen LogP contribution in [0.3, 0.4) is 0 Å². The number of benzene rings is 3. The van der Waals surface area contributed by atoms with Gasteiger partial charge in [-0.3, -0.25) is 14.9 Å². The Kier molecular flexibility index (Phi) is 6.45. The number of nitro benzene ring substituents is 1. The molecular formula is C25H17F2N3O5. The quantitative estimate of drug-likeness (QED) is 0.298. The maximum absolute atomic E-state index is 13.9. The average Bonchev–Trinajstić information content (AvgIpc) is 2.83. The van der Waals surface area contributed by atoms with Crippen LogP contribution < -0.4 is 5.32 Å². The Labute approximate surface area is 197 Å². The molecule has 1 amide bonds. The molecule has 4 aromatic rings. The molecule has 0 fully saturated rings. The molecule has 1 unspecified atom stereocenters. The van der Waals surface area contributed by atoms with Crippen molar-refractivity contribution in [2.45, 2.75) is 12.5 Å². The van der Waals surface area contributed by atoms with Crippen LogP contribution in [0.1, 0.15) is 15.9 Å². The summed E-state index contributed by atoms with van der Waals surface area (Å²) < 4.78 is 27.8. The molecule has 35 heavy (non-hydrogen) atoms. The van der Waals surface area contributed by atoms with E-state index in [0.717, 1.165) is 18.2 Å². The number of fused-ring (bicyclic) bond motifs is 1. The summed E-state index contributed by atoms with van der Waals surface area (Å²) in [6.07, 6.45) is -0.154. The summed E-state index contributed by atoms with van der Waals surface area (Å²) in [7, 11) is 0. The first-order valence-corrected chi connectivity index (χ1v) is 10.4. The molecule has 0 saturated carbocycles. The number of carbonyl (C=O) groups excluding carboxylic acids is 1. The van der Waals surface area contributed by atoms with Crippen LogP contribution in [0.4, 0.5) is 14.5 Å². The maximum Gasteiger partial charge on any atom is 0.326 e. The van der Waals surface area contributed by atoms with Gasteiger partial charge in [-0.25, -0.2) is 18.6 Å². The highest BCUT2D eigenvalue weighted by Crippen LogP contribution is 2.29. The molecule has 0 aliphatic heterocycles. The fourth-order valence-electron chi connectivity index (χ4n) is 3.68. The first kappa shape index (κ1) is 23.4. The zero-order valence-electron chi connectivity index (χ0n) is 17.9. The third-order valence-electron chi connectivity index (χ3n) is 5.36. The van der Waals surface area contributed by atoms with Crippen molar-refractivity contribution in [1.29, 1.82) is 0 Å². The Bertz CT molecular complexity index is 1450. The molecule has 4 rings (SSSR count). The largest absolute Gasteiger partial charge is 0.480 e. The van der Waals surface area contributed by atoms with Gasteiger partial charge in [-0.1, -0.05) is 30.3 Å². The van der Waals surface area contributed by atoms with Crippen molar-refractivity contribution in [3.8, 4) is 11.3 Å². The highest BCUT2D eigenvalue weighted by atomic mass is 19.1. The van der Waals surface area contributed by atoms with E-state index >= 15 is 0 Å². The number of nitrogens with zero attached hydrogens (tertiary/aromatic N) is 2. The van der Waals surface area contributed by atoms with Gasteiger partial charge >= 0.3 is 5.97 Å². The topological polar surface area (TPSA) is 122 Å². The number of halogens is 2. The predicted molar refractivity (Wildman–Crippen MR) is 123 cm³/mol. The van der Waals surface area contributed by atoms with Crippen LogP contribution in [0.25, 0.3) is 22.2 Å². The van der Waals surface area contributed by atoms with Crippen molar-refractivity contribution in [3.63, 3.8) is 0 Å². The Morgan fingerprint density at radius 2 is 1.71 bits per heavy atom. The molecule has 3 aromatic carbocycles. The number of nitrogens with one attached hydrogen (secondary N) is 1. The molecule has 1 atom stereocenters. The number of hydrogen-bond donors (Lipinski definition) is 2. The molecule has 10 heteroatoms. The van der Waals surface area contributed by atoms with Crippen molar-refractivity contribution < 1.29 is 28.4 Å². The first-order valence-electron chi connectivity index (χ1n) is 10.4. The van der Waals surface area contributed by atoms with Crippen LogP contribution in [0.2, 0.25) is 0 Å². The lowest BCUT2D eigenvalue weighted by Crippen LogP contribution is -2.42. The Hall–Kier alpha value is -4.73. The predicted octanol–water partition coefficient (Wildman–Crippen LogP) is 4.51. The summed E-state index contributed by atoms with van der Waals surface area (Å²) in [4.78, 5) is 39.4. The minimum absolute atomic E-state index is 0.0812. The number of carboxylic acid groups (broad SMARTS) is 1. The minimum Gasteiger partial charge on any atom is -0.480 e. The number of pyridine rings is 1. The lowest BCUT2D eigenvalue weighted by atomic mass is 10.0. The van der Waals surface area contributed by atoms with E-state index in [9.17, 15) is 33.6 Å². The number of nitro groups is 1. The number of rotatable bonds is 7. The molecule has 1 heterocycles. The molecule has 8 nitrogen and oxygen atoms in total. The van der Waals surface area contributed by atoms with Crippen LogP contribution in [0, 0.1) is 21.7 Å². The molecular weight excluding hydrogens is 460 g/mol. The monoisotopic (exact) mass is 477 g/mol. The fraction of sp³-hybridized carbons (Fsp3) is 0.0800. The van der Waals surface area contributed by atoms with Crippen molar-refractivity contribution in [1.82, 2.24) is 10.3 Å². The Morgan fingerprint density at radius 3 is 2.40 bits per heavy atom. The summed E-state index contributed by atoms with van der Waals surface area (Å²) >= 11 is 0. The third kappa shape index (κ3) is 4.96. The van der Waals surface area contributed by atoms with E-state index in [1.807, 2.05) is 0 Å². The van der Waals surface area contributed by atoms with Gasteiger partial charge < -0.3 is 10.4 Å². The van der Waals surface area contributed by atoms with Crippen LogP contribution in [-0.4, -0.2) is 32.9 Å². The summed E-state index contributed by atoms with van der Waals surface area (Å²) in [6, 6.07) is 15.9. The van der Waals surface area contributed by atoms with Gasteiger partial charge in [0.25, 0.3) is 11.6 Å². The van der Waals surface area contributed by atoms with E-state index < -0.39 is 40.0 Å². The molecule has 0 saturated heterocycles. The van der Waals surface area contributed by atoms with Crippen molar-refractivity contribution in [2.75, 3.05) is 0 Å². The lowest BCUT2D eigenvalue weighted by Gasteiger charge is -2.16. The van der Waals surface area contributed by atoms with E-state index in [-0.39, 0.29) is 12.1 Å². The standard InChI is InChI=1S/C25H17F2N3O5/c26-17-5-3-6-18(27)23(17)24(31)29-21(25(32)33)13-14-8-10-19-15(12-14)9-11-20(28-19)16-4-1-2-7-22(16)30(34)35/h1-12,21H,13H2,(H,29,31)(H,32,33). The minimum atomic E-state index is -1.45. The number of aliphatic carboxylic acids is 1. The zero-order chi connectivity index (χ0) is 25.1. The number of amides is 1. The normalized spacial score (nSPS) is 11.7. The average molecular weight is 477 g/mol. The molecule has 2 N–H and O–H groups in total. The van der Waals surface area contributed by atoms with Crippen LogP contribution in [0.15, 0.2) is 72.8 Å². The summed E-state index contributed by atoms with van der Waals surface area (Å²) in [6.45, 7) is 0. The van der Waals surface area contributed by atoms with Crippen molar-refractivity contribution in [3.05, 3.63) is 106 Å². The van der Waals surface area contributed by atoms with E-state index in [1.54, 1.807) is 48.5 Å². The molecule has 176 valence electrons. The van der Waals surface area contributed by atoms with E-state index in [2.05, 4.69) is 10.3 Å². The van der Waals surface area contributed by atoms with Crippen molar-refractivity contribution >= 4 is 28.5 Å². The first-order chi connectivity index (χ1) is 16.7. The highest BCUT2D eigenvalue weighted by molar-refractivity contribution is 5.97. The van der Waals surface area contributed by atoms with Gasteiger partial charge in [0, 0.05) is 17.9 Å². The molecule has 0 radical (unpaired) electrons. The van der Waals surface area contributed by atoms with E-state index in [0.29, 0.717) is 27.7 Å². The second-order valence-corrected chi connectivity index (χ2v) is 7.66. The lowest BCUT2D eigenvalue weighted by molar-refractivity contribution is -0.384. The Morgan fingerprint density at radius 1 is 1.00 bits per heavy atom. The Balaban J connectivity index is 1.59. The highest BCUT2D eigenvalue weighted by Gasteiger charge is 2.25. The van der Waals surface area contributed by atoms with E-state index in [1.165, 1.54) is 6.07 Å².